The van der Waals surface area contributed by atoms with Gasteiger partial charge >= 0.3 is 11.9 Å². The minimum absolute atomic E-state index is 0.00684. The van der Waals surface area contributed by atoms with Crippen LogP contribution in [0.5, 0.6) is 0 Å². The van der Waals surface area contributed by atoms with E-state index in [0.29, 0.717) is 0 Å². The van der Waals surface area contributed by atoms with Crippen molar-refractivity contribution in [1.82, 2.24) is 10.6 Å². The molecule has 0 aliphatic heterocycles. The number of rotatable bonds is 8. The van der Waals surface area contributed by atoms with Crippen molar-refractivity contribution in [3.05, 3.63) is 0 Å². The summed E-state index contributed by atoms with van der Waals surface area (Å²) in [5, 5.41) is 4.75. The minimum atomic E-state index is -0.760. The first kappa shape index (κ1) is 16.0. The second-order valence-electron chi connectivity index (χ2n) is 3.34. The summed E-state index contributed by atoms with van der Waals surface area (Å²) in [6, 6.07) is 0. The molecule has 0 bridgehead atoms. The van der Waals surface area contributed by atoms with E-state index < -0.39 is 24.6 Å². The van der Waals surface area contributed by atoms with Gasteiger partial charge in [-0.2, -0.15) is 0 Å². The molecule has 0 saturated heterocycles. The molecule has 0 saturated carbocycles. The summed E-state index contributed by atoms with van der Waals surface area (Å²) in [6.07, 6.45) is -0.287. The highest BCUT2D eigenvalue weighted by molar-refractivity contribution is 5.97. The van der Waals surface area contributed by atoms with Crippen LogP contribution < -0.4 is 10.6 Å². The average molecular weight is 260 g/mol. The van der Waals surface area contributed by atoms with Gasteiger partial charge in [0.2, 0.25) is 12.7 Å². The second kappa shape index (κ2) is 9.11. The van der Waals surface area contributed by atoms with Crippen molar-refractivity contribution in [2.75, 3.05) is 26.9 Å². The normalized spacial score (nSPS) is 9.44. The number of ketones is 1. The smallest absolute Gasteiger partial charge is 0.328 e. The van der Waals surface area contributed by atoms with Crippen molar-refractivity contribution in [3.8, 4) is 0 Å². The summed E-state index contributed by atoms with van der Waals surface area (Å²) in [6.45, 7) is 0.379. The Labute approximate surface area is 104 Å². The first-order valence-electron chi connectivity index (χ1n) is 5.17. The number of hydrogen-bond acceptors (Lipinski definition) is 7. The lowest BCUT2D eigenvalue weighted by Gasteiger charge is -2.06. The number of esters is 2. The summed E-state index contributed by atoms with van der Waals surface area (Å²) in [5.74, 6) is -2.19. The molecule has 102 valence electrons. The molecular formula is C10H16N2O6. The molecule has 0 heterocycles. The highest BCUT2D eigenvalue weighted by Gasteiger charge is 2.09. The van der Waals surface area contributed by atoms with Crippen LogP contribution in [-0.2, 0) is 28.7 Å². The van der Waals surface area contributed by atoms with Gasteiger partial charge in [0.1, 0.15) is 12.3 Å². The molecule has 8 nitrogen and oxygen atoms in total. The van der Waals surface area contributed by atoms with Gasteiger partial charge in [0.15, 0.2) is 0 Å². The Balaban J connectivity index is 3.63. The van der Waals surface area contributed by atoms with E-state index in [1.807, 2.05) is 0 Å². The molecule has 0 spiro atoms. The number of Topliss-reactive ketones (excluding diaryl/α,β-unsaturated/α-hetero) is 1. The van der Waals surface area contributed by atoms with E-state index in [1.165, 1.54) is 6.92 Å². The lowest BCUT2D eigenvalue weighted by atomic mass is 10.3. The lowest BCUT2D eigenvalue weighted by Crippen LogP contribution is -2.32. The largest absolute Gasteiger partial charge is 0.427 e. The number of carbonyl (C=O) groups is 4. The molecule has 8 heteroatoms. The Kier molecular flexibility index (Phi) is 8.12. The Morgan fingerprint density at radius 1 is 1.00 bits per heavy atom. The predicted molar refractivity (Wildman–Crippen MR) is 59.3 cm³/mol. The molecule has 0 aromatic rings. The molecule has 0 aliphatic carbocycles. The third-order valence-corrected chi connectivity index (χ3v) is 1.60. The van der Waals surface area contributed by atoms with E-state index in [9.17, 15) is 19.2 Å². The fraction of sp³-hybridized carbons (Fsp3) is 0.600. The molecule has 0 fully saturated rings. The molecule has 0 unspecified atom stereocenters. The third-order valence-electron chi connectivity index (χ3n) is 1.60. The van der Waals surface area contributed by atoms with Gasteiger partial charge in [0, 0.05) is 0 Å². The molecule has 0 atom stereocenters. The van der Waals surface area contributed by atoms with Crippen molar-refractivity contribution < 1.29 is 28.7 Å². The molecule has 2 N–H and O–H groups in total. The fourth-order valence-corrected chi connectivity index (χ4v) is 0.867. The number of likely N-dealkylation sites (N-methyl/N-ethyl adjacent to an activating group) is 1. The van der Waals surface area contributed by atoms with Crippen LogP contribution in [0.15, 0.2) is 0 Å². The van der Waals surface area contributed by atoms with E-state index in [-0.39, 0.29) is 25.3 Å². The fourth-order valence-electron chi connectivity index (χ4n) is 0.867. The molecule has 18 heavy (non-hydrogen) atoms. The number of carbonyl (C=O) groups excluding carboxylic acids is 4. The van der Waals surface area contributed by atoms with Crippen LogP contribution in [0.1, 0.15) is 13.3 Å². The van der Waals surface area contributed by atoms with Crippen molar-refractivity contribution in [1.29, 1.82) is 0 Å². The maximum absolute atomic E-state index is 11.0. The van der Waals surface area contributed by atoms with Crippen molar-refractivity contribution in [3.63, 3.8) is 0 Å². The van der Waals surface area contributed by atoms with Gasteiger partial charge in [-0.25, -0.2) is 0 Å². The van der Waals surface area contributed by atoms with Gasteiger partial charge in [-0.15, -0.1) is 0 Å². The van der Waals surface area contributed by atoms with Crippen LogP contribution in [0.3, 0.4) is 0 Å². The molecule has 0 radical (unpaired) electrons. The number of amides is 1. The van der Waals surface area contributed by atoms with Gasteiger partial charge in [-0.1, -0.05) is 0 Å². The summed E-state index contributed by atoms with van der Waals surface area (Å²) in [7, 11) is 1.57. The zero-order valence-corrected chi connectivity index (χ0v) is 10.3. The molecule has 0 aromatic heterocycles. The average Bonchev–Trinajstić information content (AvgIpc) is 2.26. The van der Waals surface area contributed by atoms with Crippen LogP contribution in [-0.4, -0.2) is 50.6 Å². The van der Waals surface area contributed by atoms with Crippen molar-refractivity contribution in [2.45, 2.75) is 13.3 Å². The van der Waals surface area contributed by atoms with Gasteiger partial charge in [-0.3, -0.25) is 19.2 Å². The predicted octanol–water partition coefficient (Wildman–Crippen LogP) is -1.65. The maximum atomic E-state index is 11.0. The van der Waals surface area contributed by atoms with E-state index in [1.54, 1.807) is 7.05 Å². The molecule has 0 aromatic carbocycles. The third kappa shape index (κ3) is 9.28. The van der Waals surface area contributed by atoms with Gasteiger partial charge < -0.3 is 20.1 Å². The molecular weight excluding hydrogens is 244 g/mol. The number of ether oxygens (including phenoxy) is 2. The maximum Gasteiger partial charge on any atom is 0.328 e. The molecule has 0 rings (SSSR count). The summed E-state index contributed by atoms with van der Waals surface area (Å²) in [4.78, 5) is 43.4. The summed E-state index contributed by atoms with van der Waals surface area (Å²) in [5.41, 5.74) is 0. The number of hydrogen-bond donors (Lipinski definition) is 2. The topological polar surface area (TPSA) is 111 Å². The van der Waals surface area contributed by atoms with Gasteiger partial charge in [-0.05, 0) is 14.0 Å². The van der Waals surface area contributed by atoms with Gasteiger partial charge in [0.25, 0.3) is 0 Å². The standard InChI is InChI=1S/C10H16N2O6/c1-7(13)3-8(14)12-5-10(16)18-6-17-9(15)4-11-2/h11H,3-6H2,1-2H3,(H,12,14). The van der Waals surface area contributed by atoms with Crippen LogP contribution in [0.2, 0.25) is 0 Å². The molecule has 1 amide bonds. The zero-order chi connectivity index (χ0) is 14.0. The van der Waals surface area contributed by atoms with E-state index >= 15 is 0 Å². The van der Waals surface area contributed by atoms with Crippen molar-refractivity contribution >= 4 is 23.6 Å². The Morgan fingerprint density at radius 3 is 2.06 bits per heavy atom. The quantitative estimate of drug-likeness (QED) is 0.305. The second-order valence-corrected chi connectivity index (χ2v) is 3.34. The van der Waals surface area contributed by atoms with Crippen molar-refractivity contribution in [2.24, 2.45) is 0 Å². The minimum Gasteiger partial charge on any atom is -0.427 e. The van der Waals surface area contributed by atoms with Crippen LogP contribution in [0, 0.1) is 0 Å². The van der Waals surface area contributed by atoms with Crippen LogP contribution in [0.4, 0.5) is 0 Å². The highest BCUT2D eigenvalue weighted by atomic mass is 16.7. The number of nitrogens with one attached hydrogen (secondary N) is 2. The lowest BCUT2D eigenvalue weighted by molar-refractivity contribution is -0.166. The van der Waals surface area contributed by atoms with E-state index in [0.717, 1.165) is 0 Å². The van der Waals surface area contributed by atoms with Crippen LogP contribution >= 0.6 is 0 Å². The van der Waals surface area contributed by atoms with Gasteiger partial charge in [0.05, 0.1) is 13.0 Å². The summed E-state index contributed by atoms with van der Waals surface area (Å²) >= 11 is 0. The van der Waals surface area contributed by atoms with E-state index in [2.05, 4.69) is 20.1 Å². The Morgan fingerprint density at radius 2 is 1.56 bits per heavy atom. The highest BCUT2D eigenvalue weighted by Crippen LogP contribution is 1.84. The van der Waals surface area contributed by atoms with E-state index in [4.69, 9.17) is 0 Å². The Hall–Kier alpha value is -1.96. The summed E-state index contributed by atoms with van der Waals surface area (Å²) < 4.78 is 9.02. The first-order chi connectivity index (χ1) is 8.45. The first-order valence-corrected chi connectivity index (χ1v) is 5.17. The molecule has 0 aliphatic rings. The monoisotopic (exact) mass is 260 g/mol. The zero-order valence-electron chi connectivity index (χ0n) is 10.3. The van der Waals surface area contributed by atoms with Crippen LogP contribution in [0.25, 0.3) is 0 Å². The SMILES string of the molecule is CNCC(=O)OCOC(=O)CNC(=O)CC(C)=O. The Bertz CT molecular complexity index is 328.